The van der Waals surface area contributed by atoms with Gasteiger partial charge in [-0.25, -0.2) is 13.2 Å². The maximum atomic E-state index is 12.3. The first-order chi connectivity index (χ1) is 13.4. The van der Waals surface area contributed by atoms with Crippen molar-refractivity contribution in [1.82, 2.24) is 10.2 Å². The second kappa shape index (κ2) is 8.39. The van der Waals surface area contributed by atoms with E-state index in [1.54, 1.807) is 17.2 Å². The van der Waals surface area contributed by atoms with Gasteiger partial charge in [-0.15, -0.1) is 4.40 Å². The summed E-state index contributed by atoms with van der Waals surface area (Å²) in [6.45, 7) is 2.18. The molecule has 9 heteroatoms. The van der Waals surface area contributed by atoms with E-state index in [0.29, 0.717) is 13.0 Å². The fourth-order valence-corrected chi connectivity index (χ4v) is 3.85. The number of amides is 1. The molecule has 0 saturated carbocycles. The molecule has 0 unspecified atom stereocenters. The van der Waals surface area contributed by atoms with Gasteiger partial charge in [-0.3, -0.25) is 4.79 Å². The van der Waals surface area contributed by atoms with Crippen molar-refractivity contribution in [3.8, 4) is 0 Å². The summed E-state index contributed by atoms with van der Waals surface area (Å²) in [4.78, 5) is 25.8. The molecule has 0 radical (unpaired) electrons. The molecule has 1 aromatic rings. The number of nitrogens with one attached hydrogen (secondary N) is 1. The highest BCUT2D eigenvalue weighted by atomic mass is 32.2. The van der Waals surface area contributed by atoms with Crippen LogP contribution in [0.3, 0.4) is 0 Å². The van der Waals surface area contributed by atoms with Crippen LogP contribution in [0, 0.1) is 6.92 Å². The number of nitrogens with zero attached hydrogens (tertiary/aromatic N) is 2. The lowest BCUT2D eigenvalue weighted by molar-refractivity contribution is -0.144. The lowest BCUT2D eigenvalue weighted by Gasteiger charge is -2.28. The number of benzene rings is 1. The number of hydrogen-bond acceptors (Lipinski definition) is 6. The lowest BCUT2D eigenvalue weighted by Crippen LogP contribution is -2.40. The van der Waals surface area contributed by atoms with Gasteiger partial charge in [0.05, 0.1) is 5.75 Å². The molecule has 0 fully saturated rings. The van der Waals surface area contributed by atoms with E-state index >= 15 is 0 Å². The third-order valence-electron chi connectivity index (χ3n) is 4.39. The van der Waals surface area contributed by atoms with Crippen molar-refractivity contribution in [3.05, 3.63) is 59.3 Å². The average Bonchev–Trinajstić information content (AvgIpc) is 2.66. The van der Waals surface area contributed by atoms with E-state index in [-0.39, 0.29) is 23.7 Å². The number of esters is 1. The molecule has 1 amide bonds. The SMILES string of the molecule is Cc1ccccc1CCNC(=O)COC(=O)C1=CC=CN2CCS(=O)(=O)N=C12. The van der Waals surface area contributed by atoms with Gasteiger partial charge in [-0.2, -0.15) is 0 Å². The van der Waals surface area contributed by atoms with E-state index < -0.39 is 28.5 Å². The Morgan fingerprint density at radius 2 is 2.07 bits per heavy atom. The highest BCUT2D eigenvalue weighted by Crippen LogP contribution is 2.18. The van der Waals surface area contributed by atoms with Gasteiger partial charge in [0.15, 0.2) is 12.4 Å². The Kier molecular flexibility index (Phi) is 5.93. The predicted molar refractivity (Wildman–Crippen MR) is 104 cm³/mol. The van der Waals surface area contributed by atoms with Crippen molar-refractivity contribution < 1.29 is 22.7 Å². The minimum atomic E-state index is -3.61. The number of aryl methyl sites for hydroxylation is 1. The number of amidine groups is 1. The summed E-state index contributed by atoms with van der Waals surface area (Å²) in [5.74, 6) is -1.31. The number of hydrogen-bond donors (Lipinski definition) is 1. The Hall–Kier alpha value is -2.94. The van der Waals surface area contributed by atoms with Gasteiger partial charge < -0.3 is 15.0 Å². The number of carbonyl (C=O) groups excluding carboxylic acids is 2. The quantitative estimate of drug-likeness (QED) is 0.701. The Morgan fingerprint density at radius 3 is 2.86 bits per heavy atom. The molecule has 0 aliphatic carbocycles. The molecule has 0 atom stereocenters. The number of rotatable bonds is 6. The van der Waals surface area contributed by atoms with Crippen molar-refractivity contribution in [1.29, 1.82) is 0 Å². The summed E-state index contributed by atoms with van der Waals surface area (Å²) < 4.78 is 32.1. The topological polar surface area (TPSA) is 105 Å². The van der Waals surface area contributed by atoms with E-state index in [0.717, 1.165) is 11.1 Å². The molecule has 3 rings (SSSR count). The van der Waals surface area contributed by atoms with Crippen molar-refractivity contribution in [2.75, 3.05) is 25.4 Å². The third kappa shape index (κ3) is 4.86. The van der Waals surface area contributed by atoms with Crippen LogP contribution in [0.1, 0.15) is 11.1 Å². The van der Waals surface area contributed by atoms with Crippen molar-refractivity contribution >= 4 is 27.7 Å². The molecule has 0 spiro atoms. The summed E-state index contributed by atoms with van der Waals surface area (Å²) in [5.41, 5.74) is 2.29. The Bertz CT molecular complexity index is 979. The van der Waals surface area contributed by atoms with Crippen LogP contribution in [-0.4, -0.2) is 56.5 Å². The monoisotopic (exact) mass is 403 g/mol. The number of fused-ring (bicyclic) bond motifs is 1. The standard InChI is InChI=1S/C19H21N3O5S/c1-14-5-2-3-6-15(14)8-9-20-17(23)13-27-19(24)16-7-4-10-22-11-12-28(25,26)21-18(16)22/h2-7,10H,8-9,11-13H2,1H3,(H,20,23). The van der Waals surface area contributed by atoms with Crippen LogP contribution >= 0.6 is 0 Å². The first kappa shape index (κ1) is 19.8. The Balaban J connectivity index is 1.51. The molecule has 0 saturated heterocycles. The maximum absolute atomic E-state index is 12.3. The zero-order chi connectivity index (χ0) is 20.1. The highest BCUT2D eigenvalue weighted by Gasteiger charge is 2.30. The van der Waals surface area contributed by atoms with Gasteiger partial charge in [-0.05, 0) is 36.6 Å². The maximum Gasteiger partial charge on any atom is 0.342 e. The summed E-state index contributed by atoms with van der Waals surface area (Å²) in [6, 6.07) is 7.89. The summed E-state index contributed by atoms with van der Waals surface area (Å²) in [6.07, 6.45) is 5.35. The van der Waals surface area contributed by atoms with Gasteiger partial charge in [0.25, 0.3) is 15.9 Å². The minimum absolute atomic E-state index is 0.0125. The smallest absolute Gasteiger partial charge is 0.342 e. The average molecular weight is 403 g/mol. The lowest BCUT2D eigenvalue weighted by atomic mass is 10.1. The number of carbonyl (C=O) groups is 2. The zero-order valence-corrected chi connectivity index (χ0v) is 16.2. The van der Waals surface area contributed by atoms with Crippen molar-refractivity contribution in [3.63, 3.8) is 0 Å². The number of ether oxygens (including phenoxy) is 1. The molecule has 2 heterocycles. The van der Waals surface area contributed by atoms with E-state index in [1.807, 2.05) is 31.2 Å². The number of sulfonamides is 1. The number of allylic oxidation sites excluding steroid dienone is 2. The summed E-state index contributed by atoms with van der Waals surface area (Å²) in [5, 5.41) is 2.70. The molecule has 1 N–H and O–H groups in total. The van der Waals surface area contributed by atoms with Crippen molar-refractivity contribution in [2.24, 2.45) is 4.40 Å². The molecule has 0 bridgehead atoms. The molecule has 2 aliphatic rings. The fraction of sp³-hybridized carbons (Fsp3) is 0.316. The highest BCUT2D eigenvalue weighted by molar-refractivity contribution is 7.90. The second-order valence-corrected chi connectivity index (χ2v) is 8.17. The van der Waals surface area contributed by atoms with E-state index in [9.17, 15) is 18.0 Å². The summed E-state index contributed by atoms with van der Waals surface area (Å²) in [7, 11) is -3.61. The zero-order valence-electron chi connectivity index (χ0n) is 15.4. The molecule has 1 aromatic carbocycles. The molecule has 148 valence electrons. The largest absolute Gasteiger partial charge is 0.452 e. The summed E-state index contributed by atoms with van der Waals surface area (Å²) >= 11 is 0. The molecule has 0 aromatic heterocycles. The van der Waals surface area contributed by atoms with Crippen LogP contribution in [0.4, 0.5) is 0 Å². The third-order valence-corrected chi connectivity index (χ3v) is 5.54. The van der Waals surface area contributed by atoms with Gasteiger partial charge in [0.2, 0.25) is 0 Å². The molecule has 28 heavy (non-hydrogen) atoms. The minimum Gasteiger partial charge on any atom is -0.452 e. The van der Waals surface area contributed by atoms with Gasteiger partial charge in [0, 0.05) is 19.3 Å². The van der Waals surface area contributed by atoms with Crippen LogP contribution in [0.15, 0.2) is 52.6 Å². The molecular formula is C19H21N3O5S. The fourth-order valence-electron chi connectivity index (χ4n) is 2.86. The van der Waals surface area contributed by atoms with Crippen LogP contribution in [-0.2, 0) is 30.8 Å². The molecular weight excluding hydrogens is 382 g/mol. The van der Waals surface area contributed by atoms with Gasteiger partial charge >= 0.3 is 5.97 Å². The molecule has 8 nitrogen and oxygen atoms in total. The first-order valence-corrected chi connectivity index (χ1v) is 10.4. The van der Waals surface area contributed by atoms with Crippen LogP contribution in [0.25, 0.3) is 0 Å². The Morgan fingerprint density at radius 1 is 1.29 bits per heavy atom. The van der Waals surface area contributed by atoms with Crippen LogP contribution < -0.4 is 5.32 Å². The second-order valence-electron chi connectivity index (χ2n) is 6.42. The van der Waals surface area contributed by atoms with Crippen LogP contribution in [0.5, 0.6) is 0 Å². The van der Waals surface area contributed by atoms with E-state index in [1.165, 1.54) is 6.08 Å². The molecule has 2 aliphatic heterocycles. The first-order valence-electron chi connectivity index (χ1n) is 8.82. The van der Waals surface area contributed by atoms with Crippen molar-refractivity contribution in [2.45, 2.75) is 13.3 Å². The van der Waals surface area contributed by atoms with E-state index in [2.05, 4.69) is 9.71 Å². The predicted octanol–water partition coefficient (Wildman–Crippen LogP) is 0.695. The van der Waals surface area contributed by atoms with E-state index in [4.69, 9.17) is 4.74 Å². The van der Waals surface area contributed by atoms with Gasteiger partial charge in [-0.1, -0.05) is 24.3 Å². The van der Waals surface area contributed by atoms with Crippen LogP contribution in [0.2, 0.25) is 0 Å². The normalized spacial score (nSPS) is 17.2. The Labute approximate surface area is 163 Å². The van der Waals surface area contributed by atoms with Gasteiger partial charge in [0.1, 0.15) is 5.57 Å².